The minimum atomic E-state index is -1.98. The van der Waals surface area contributed by atoms with Crippen molar-refractivity contribution in [1.29, 1.82) is 0 Å². The molecule has 9 heteroatoms. The molecule has 7 nitrogen and oxygen atoms in total. The second kappa shape index (κ2) is 6.57. The molecule has 1 aliphatic rings. The molecule has 0 aromatic heterocycles. The minimum absolute atomic E-state index is 0.796. The maximum absolute atomic E-state index is 5.38. The van der Waals surface area contributed by atoms with Gasteiger partial charge in [0, 0.05) is 6.54 Å². The van der Waals surface area contributed by atoms with Crippen LogP contribution in [0.5, 0.6) is 0 Å². The smallest absolute Gasteiger partial charge is 0.214 e. The van der Waals surface area contributed by atoms with E-state index in [4.69, 9.17) is 9.26 Å². The van der Waals surface area contributed by atoms with E-state index in [1.165, 1.54) is 0 Å². The lowest BCUT2D eigenvalue weighted by atomic mass is 10.8. The molecule has 20 heavy (non-hydrogen) atoms. The van der Waals surface area contributed by atoms with E-state index >= 15 is 0 Å². The van der Waals surface area contributed by atoms with Gasteiger partial charge in [-0.2, -0.15) is 4.52 Å². The van der Waals surface area contributed by atoms with Crippen molar-refractivity contribution in [3.8, 4) is 0 Å². The first kappa shape index (κ1) is 18.3. The molecule has 0 spiro atoms. The summed E-state index contributed by atoms with van der Waals surface area (Å²) in [6.07, 6.45) is 0. The van der Waals surface area contributed by atoms with Gasteiger partial charge in [0.15, 0.2) is 7.51 Å². The standard InChI is InChI=1S/C11H31N7P2/c1-10-12-19(14(2)3)13-20(15(4)5,16(6)7)18(9)11-17(19)8/h10-11H2,1-9H3. The summed E-state index contributed by atoms with van der Waals surface area (Å²) in [5.74, 6) is 0. The number of hydrogen-bond acceptors (Lipinski definition) is 4. The van der Waals surface area contributed by atoms with Crippen molar-refractivity contribution in [3.63, 3.8) is 0 Å². The lowest BCUT2D eigenvalue weighted by molar-refractivity contribution is 0.323. The highest BCUT2D eigenvalue weighted by atomic mass is 31.2. The number of rotatable bonds is 4. The van der Waals surface area contributed by atoms with Crippen molar-refractivity contribution >= 4 is 15.0 Å². The molecule has 0 saturated carbocycles. The molecule has 1 atom stereocenters. The Kier molecular flexibility index (Phi) is 6.02. The maximum atomic E-state index is 5.38. The molecule has 1 heterocycles. The van der Waals surface area contributed by atoms with Gasteiger partial charge >= 0.3 is 0 Å². The highest BCUT2D eigenvalue weighted by Gasteiger charge is 2.42. The van der Waals surface area contributed by atoms with E-state index in [0.29, 0.717) is 0 Å². The van der Waals surface area contributed by atoms with Crippen molar-refractivity contribution in [2.24, 2.45) is 9.26 Å². The average Bonchev–Trinajstić information content (AvgIpc) is 2.31. The zero-order valence-corrected chi connectivity index (χ0v) is 16.2. The lowest BCUT2D eigenvalue weighted by Crippen LogP contribution is -2.42. The van der Waals surface area contributed by atoms with Gasteiger partial charge < -0.3 is 0 Å². The molecule has 1 aliphatic heterocycles. The molecule has 0 aromatic carbocycles. The Labute approximate surface area is 124 Å². The summed E-state index contributed by atoms with van der Waals surface area (Å²) in [4.78, 5) is 0. The van der Waals surface area contributed by atoms with Crippen molar-refractivity contribution in [3.05, 3.63) is 0 Å². The molecule has 0 aromatic rings. The quantitative estimate of drug-likeness (QED) is 0.743. The predicted molar refractivity (Wildman–Crippen MR) is 90.7 cm³/mol. The zero-order valence-electron chi connectivity index (χ0n) is 14.4. The van der Waals surface area contributed by atoms with Crippen LogP contribution in [0.1, 0.15) is 6.92 Å². The third kappa shape index (κ3) is 2.78. The van der Waals surface area contributed by atoms with Crippen molar-refractivity contribution in [2.75, 3.05) is 69.6 Å². The summed E-state index contributed by atoms with van der Waals surface area (Å²) >= 11 is 0. The molecule has 0 saturated heterocycles. The Hall–Kier alpha value is 0.260. The first-order valence-corrected chi connectivity index (χ1v) is 10.0. The highest BCUT2D eigenvalue weighted by Crippen LogP contribution is 2.71. The van der Waals surface area contributed by atoms with Crippen molar-refractivity contribution in [1.82, 2.24) is 23.4 Å². The highest BCUT2D eigenvalue weighted by molar-refractivity contribution is 7.71. The summed E-state index contributed by atoms with van der Waals surface area (Å²) in [7, 11) is 13.1. The van der Waals surface area contributed by atoms with Crippen LogP contribution in [0.2, 0.25) is 0 Å². The molecule has 120 valence electrons. The molecule has 0 fully saturated rings. The van der Waals surface area contributed by atoms with Crippen LogP contribution in [0.25, 0.3) is 0 Å². The fraction of sp³-hybridized carbons (Fsp3) is 1.00. The molecule has 0 N–H and O–H groups in total. The normalized spacial score (nSPS) is 28.2. The fourth-order valence-corrected chi connectivity index (χ4v) is 11.5. The molecular formula is C11H31N7P2. The van der Waals surface area contributed by atoms with Crippen LogP contribution in [0.15, 0.2) is 9.26 Å². The van der Waals surface area contributed by atoms with E-state index in [1.807, 2.05) is 0 Å². The van der Waals surface area contributed by atoms with Crippen LogP contribution >= 0.6 is 15.0 Å². The van der Waals surface area contributed by atoms with Gasteiger partial charge in [0.05, 0.1) is 6.67 Å². The predicted octanol–water partition coefficient (Wildman–Crippen LogP) is 2.42. The second-order valence-corrected chi connectivity index (χ2v) is 12.5. The molecular weight excluding hydrogens is 292 g/mol. The summed E-state index contributed by atoms with van der Waals surface area (Å²) in [6, 6.07) is 0. The van der Waals surface area contributed by atoms with Gasteiger partial charge in [-0.3, -0.25) is 14.1 Å². The molecule has 0 radical (unpaired) electrons. The molecule has 1 rings (SSSR count). The first-order chi connectivity index (χ1) is 9.15. The Morgan fingerprint density at radius 2 is 1.45 bits per heavy atom. The SMILES string of the molecule is CCN=P1(N(C)C)N=P(N(C)C)(N(C)C)N(C)CN1C. The second-order valence-electron chi connectivity index (χ2n) is 5.62. The van der Waals surface area contributed by atoms with Crippen molar-refractivity contribution < 1.29 is 0 Å². The molecule has 0 amide bonds. The van der Waals surface area contributed by atoms with Gasteiger partial charge in [0.2, 0.25) is 7.51 Å². The van der Waals surface area contributed by atoms with Gasteiger partial charge in [-0.1, -0.05) is 0 Å². The van der Waals surface area contributed by atoms with Crippen LogP contribution in [0.4, 0.5) is 0 Å². The van der Waals surface area contributed by atoms with Crippen LogP contribution < -0.4 is 0 Å². The third-order valence-corrected chi connectivity index (χ3v) is 11.4. The van der Waals surface area contributed by atoms with Crippen LogP contribution in [0.3, 0.4) is 0 Å². The topological polar surface area (TPSA) is 40.9 Å². The van der Waals surface area contributed by atoms with Crippen LogP contribution in [-0.4, -0.2) is 92.9 Å². The third-order valence-electron chi connectivity index (χ3n) is 3.51. The summed E-state index contributed by atoms with van der Waals surface area (Å²) in [5.41, 5.74) is 0. The van der Waals surface area contributed by atoms with Crippen molar-refractivity contribution in [2.45, 2.75) is 6.92 Å². The molecule has 1 unspecified atom stereocenters. The number of nitrogens with zero attached hydrogens (tertiary/aromatic N) is 7. The van der Waals surface area contributed by atoms with Gasteiger partial charge in [-0.05, 0) is 63.3 Å². The van der Waals surface area contributed by atoms with E-state index in [0.717, 1.165) is 13.2 Å². The average molecular weight is 323 g/mol. The molecule has 0 bridgehead atoms. The van der Waals surface area contributed by atoms with E-state index in [9.17, 15) is 0 Å². The number of hydrogen-bond donors (Lipinski definition) is 0. The fourth-order valence-electron chi connectivity index (χ4n) is 2.73. The Balaban J connectivity index is 3.70. The van der Waals surface area contributed by atoms with Crippen LogP contribution in [-0.2, 0) is 0 Å². The maximum Gasteiger partial charge on any atom is 0.214 e. The minimum Gasteiger partial charge on any atom is -0.255 e. The summed E-state index contributed by atoms with van der Waals surface area (Å²) in [5, 5.41) is 0. The zero-order chi connectivity index (χ0) is 15.7. The van der Waals surface area contributed by atoms with Gasteiger partial charge in [-0.25, -0.2) is 14.0 Å². The Morgan fingerprint density at radius 1 is 0.950 bits per heavy atom. The largest absolute Gasteiger partial charge is 0.255 e. The van der Waals surface area contributed by atoms with Gasteiger partial charge in [0.25, 0.3) is 0 Å². The van der Waals surface area contributed by atoms with E-state index in [1.54, 1.807) is 0 Å². The Morgan fingerprint density at radius 3 is 1.80 bits per heavy atom. The Bertz CT molecular complexity index is 432. The van der Waals surface area contributed by atoms with E-state index < -0.39 is 15.0 Å². The summed E-state index contributed by atoms with van der Waals surface area (Å²) < 4.78 is 21.7. The van der Waals surface area contributed by atoms with Gasteiger partial charge in [0.1, 0.15) is 0 Å². The molecule has 0 aliphatic carbocycles. The first-order valence-electron chi connectivity index (χ1n) is 6.83. The van der Waals surface area contributed by atoms with E-state index in [2.05, 4.69) is 86.7 Å². The van der Waals surface area contributed by atoms with Crippen LogP contribution in [0, 0.1) is 0 Å². The monoisotopic (exact) mass is 323 g/mol. The summed E-state index contributed by atoms with van der Waals surface area (Å²) in [6.45, 7) is 3.77. The van der Waals surface area contributed by atoms with E-state index in [-0.39, 0.29) is 0 Å². The van der Waals surface area contributed by atoms with Gasteiger partial charge in [-0.15, -0.1) is 0 Å². The lowest BCUT2D eigenvalue weighted by Gasteiger charge is -2.51.